The second kappa shape index (κ2) is 5.69. The van der Waals surface area contributed by atoms with E-state index in [-0.39, 0.29) is 5.91 Å². The highest BCUT2D eigenvalue weighted by atomic mass is 16.2. The first kappa shape index (κ1) is 12.6. The highest BCUT2D eigenvalue weighted by molar-refractivity contribution is 5.84. The van der Waals surface area contributed by atoms with Gasteiger partial charge in [0, 0.05) is 43.7 Å². The Morgan fingerprint density at radius 1 is 1.39 bits per heavy atom. The monoisotopic (exact) mass is 245 g/mol. The number of para-hydroxylation sites is 1. The molecular formula is C14H19N3O. The predicted molar refractivity (Wildman–Crippen MR) is 73.3 cm³/mol. The highest BCUT2D eigenvalue weighted by Gasteiger charge is 2.09. The molecule has 0 spiro atoms. The lowest BCUT2D eigenvalue weighted by molar-refractivity contribution is -0.129. The summed E-state index contributed by atoms with van der Waals surface area (Å²) in [7, 11) is 1.80. The van der Waals surface area contributed by atoms with Crippen LogP contribution in [0.2, 0.25) is 0 Å². The maximum Gasteiger partial charge on any atom is 0.222 e. The number of nitrogens with zero attached hydrogens (tertiary/aromatic N) is 1. The molecule has 4 heteroatoms. The van der Waals surface area contributed by atoms with Crippen molar-refractivity contribution in [3.05, 3.63) is 36.0 Å². The van der Waals surface area contributed by atoms with Crippen LogP contribution in [-0.4, -0.2) is 35.9 Å². The molecule has 18 heavy (non-hydrogen) atoms. The van der Waals surface area contributed by atoms with Crippen molar-refractivity contribution in [2.24, 2.45) is 5.73 Å². The quantitative estimate of drug-likeness (QED) is 0.839. The van der Waals surface area contributed by atoms with Crippen molar-refractivity contribution in [1.82, 2.24) is 9.88 Å². The number of aromatic amines is 1. The smallest absolute Gasteiger partial charge is 0.222 e. The number of carbonyl (C=O) groups excluding carboxylic acids is 1. The predicted octanol–water partition coefficient (Wildman–Crippen LogP) is 1.52. The second-order valence-electron chi connectivity index (χ2n) is 4.46. The number of H-pyrrole nitrogens is 1. The number of fused-ring (bicyclic) bond motifs is 1. The average molecular weight is 245 g/mol. The van der Waals surface area contributed by atoms with Gasteiger partial charge in [-0.15, -0.1) is 0 Å². The zero-order valence-electron chi connectivity index (χ0n) is 10.6. The summed E-state index contributed by atoms with van der Waals surface area (Å²) in [6.07, 6.45) is 3.27. The summed E-state index contributed by atoms with van der Waals surface area (Å²) in [5, 5.41) is 1.20. The minimum atomic E-state index is 0.144. The molecule has 3 N–H and O–H groups in total. The van der Waals surface area contributed by atoms with Crippen LogP contribution < -0.4 is 5.73 Å². The molecule has 0 unspecified atom stereocenters. The van der Waals surface area contributed by atoms with Crippen molar-refractivity contribution in [1.29, 1.82) is 0 Å². The third-order valence-corrected chi connectivity index (χ3v) is 3.17. The SMILES string of the molecule is CN(CCN)C(=O)CCc1c[nH]c2ccccc12. The zero-order valence-corrected chi connectivity index (χ0v) is 10.6. The molecule has 0 atom stereocenters. The van der Waals surface area contributed by atoms with E-state index >= 15 is 0 Å². The van der Waals surface area contributed by atoms with Gasteiger partial charge in [-0.2, -0.15) is 0 Å². The largest absolute Gasteiger partial charge is 0.361 e. The summed E-state index contributed by atoms with van der Waals surface area (Å²) in [6, 6.07) is 8.14. The van der Waals surface area contributed by atoms with Gasteiger partial charge >= 0.3 is 0 Å². The average Bonchev–Trinajstić information content (AvgIpc) is 2.79. The third-order valence-electron chi connectivity index (χ3n) is 3.17. The lowest BCUT2D eigenvalue weighted by Gasteiger charge is -2.15. The first-order valence-electron chi connectivity index (χ1n) is 6.21. The van der Waals surface area contributed by atoms with Gasteiger partial charge in [-0.3, -0.25) is 4.79 Å². The fourth-order valence-corrected chi connectivity index (χ4v) is 2.09. The second-order valence-corrected chi connectivity index (χ2v) is 4.46. The Kier molecular flexibility index (Phi) is 3.99. The van der Waals surface area contributed by atoms with Gasteiger partial charge in [-0.1, -0.05) is 18.2 Å². The summed E-state index contributed by atoms with van der Waals surface area (Å²) in [6.45, 7) is 1.13. The number of hydrogen-bond donors (Lipinski definition) is 2. The summed E-state index contributed by atoms with van der Waals surface area (Å²) in [5.74, 6) is 0.144. The van der Waals surface area contributed by atoms with Gasteiger partial charge in [0.2, 0.25) is 5.91 Å². The molecule has 2 aromatic rings. The van der Waals surface area contributed by atoms with Gasteiger partial charge in [0.25, 0.3) is 0 Å². The van der Waals surface area contributed by atoms with Crippen molar-refractivity contribution >= 4 is 16.8 Å². The van der Waals surface area contributed by atoms with Gasteiger partial charge in [-0.05, 0) is 18.1 Å². The van der Waals surface area contributed by atoms with Crippen LogP contribution in [0.3, 0.4) is 0 Å². The zero-order chi connectivity index (χ0) is 13.0. The van der Waals surface area contributed by atoms with Crippen LogP contribution >= 0.6 is 0 Å². The molecular weight excluding hydrogens is 226 g/mol. The first-order valence-corrected chi connectivity index (χ1v) is 6.21. The molecule has 0 fully saturated rings. The Balaban J connectivity index is 2.00. The van der Waals surface area contributed by atoms with Crippen molar-refractivity contribution in [2.45, 2.75) is 12.8 Å². The van der Waals surface area contributed by atoms with Crippen LogP contribution in [0.5, 0.6) is 0 Å². The molecule has 1 amide bonds. The highest BCUT2D eigenvalue weighted by Crippen LogP contribution is 2.19. The molecule has 1 aromatic carbocycles. The molecule has 1 heterocycles. The Morgan fingerprint density at radius 2 is 2.17 bits per heavy atom. The maximum absolute atomic E-state index is 11.8. The van der Waals surface area contributed by atoms with Crippen LogP contribution in [0.1, 0.15) is 12.0 Å². The summed E-state index contributed by atoms with van der Waals surface area (Å²) >= 11 is 0. The van der Waals surface area contributed by atoms with Crippen molar-refractivity contribution < 1.29 is 4.79 Å². The van der Waals surface area contributed by atoms with Crippen molar-refractivity contribution in [2.75, 3.05) is 20.1 Å². The van der Waals surface area contributed by atoms with E-state index in [9.17, 15) is 4.79 Å². The van der Waals surface area contributed by atoms with Crippen LogP contribution in [0, 0.1) is 0 Å². The van der Waals surface area contributed by atoms with E-state index in [1.54, 1.807) is 11.9 Å². The number of carbonyl (C=O) groups is 1. The molecule has 0 aliphatic rings. The molecule has 0 aliphatic carbocycles. The van der Waals surface area contributed by atoms with E-state index in [0.29, 0.717) is 19.5 Å². The van der Waals surface area contributed by atoms with Crippen LogP contribution in [0.4, 0.5) is 0 Å². The fourth-order valence-electron chi connectivity index (χ4n) is 2.09. The van der Waals surface area contributed by atoms with Gasteiger partial charge in [0.05, 0.1) is 0 Å². The minimum absolute atomic E-state index is 0.144. The standard InChI is InChI=1S/C14H19N3O/c1-17(9-8-15)14(18)7-6-11-10-16-13-5-3-2-4-12(11)13/h2-5,10,16H,6-9,15H2,1H3. The number of aryl methyl sites for hydroxylation is 1. The van der Waals surface area contributed by atoms with Crippen LogP contribution in [0.25, 0.3) is 10.9 Å². The van der Waals surface area contributed by atoms with E-state index < -0.39 is 0 Å². The van der Waals surface area contributed by atoms with Crippen LogP contribution in [-0.2, 0) is 11.2 Å². The Labute approximate surface area is 107 Å². The van der Waals surface area contributed by atoms with E-state index in [4.69, 9.17) is 5.73 Å². The van der Waals surface area contributed by atoms with E-state index in [2.05, 4.69) is 11.1 Å². The summed E-state index contributed by atoms with van der Waals surface area (Å²) < 4.78 is 0. The van der Waals surface area contributed by atoms with E-state index in [0.717, 1.165) is 11.9 Å². The van der Waals surface area contributed by atoms with Gasteiger partial charge in [-0.25, -0.2) is 0 Å². The molecule has 96 valence electrons. The lowest BCUT2D eigenvalue weighted by Crippen LogP contribution is -2.31. The molecule has 0 saturated carbocycles. The fraction of sp³-hybridized carbons (Fsp3) is 0.357. The van der Waals surface area contributed by atoms with Crippen LogP contribution in [0.15, 0.2) is 30.5 Å². The molecule has 0 bridgehead atoms. The normalized spacial score (nSPS) is 10.8. The Hall–Kier alpha value is -1.81. The first-order chi connectivity index (χ1) is 8.72. The number of hydrogen-bond acceptors (Lipinski definition) is 2. The van der Waals surface area contributed by atoms with Gasteiger partial charge in [0.15, 0.2) is 0 Å². The summed E-state index contributed by atoms with van der Waals surface area (Å²) in [5.41, 5.74) is 7.75. The maximum atomic E-state index is 11.8. The molecule has 1 aromatic heterocycles. The molecule has 4 nitrogen and oxygen atoms in total. The van der Waals surface area contributed by atoms with Gasteiger partial charge in [0.1, 0.15) is 0 Å². The number of nitrogens with one attached hydrogen (secondary N) is 1. The molecule has 2 rings (SSSR count). The number of benzene rings is 1. The number of likely N-dealkylation sites (N-methyl/N-ethyl adjacent to an activating group) is 1. The topological polar surface area (TPSA) is 62.1 Å². The number of aromatic nitrogens is 1. The van der Waals surface area contributed by atoms with E-state index in [1.807, 2.05) is 24.4 Å². The third kappa shape index (κ3) is 2.71. The number of nitrogens with two attached hydrogens (primary N) is 1. The number of rotatable bonds is 5. The molecule has 0 radical (unpaired) electrons. The molecule has 0 saturated heterocycles. The van der Waals surface area contributed by atoms with Gasteiger partial charge < -0.3 is 15.6 Å². The minimum Gasteiger partial charge on any atom is -0.361 e. The lowest BCUT2D eigenvalue weighted by atomic mass is 10.1. The van der Waals surface area contributed by atoms with Crippen molar-refractivity contribution in [3.8, 4) is 0 Å². The molecule has 0 aliphatic heterocycles. The Morgan fingerprint density at radius 3 is 2.94 bits per heavy atom. The summed E-state index contributed by atoms with van der Waals surface area (Å²) in [4.78, 5) is 16.7. The Bertz CT molecular complexity index is 533. The van der Waals surface area contributed by atoms with Crippen molar-refractivity contribution in [3.63, 3.8) is 0 Å². The van der Waals surface area contributed by atoms with E-state index in [1.165, 1.54) is 10.9 Å². The number of amides is 1.